The molecule has 0 aliphatic carbocycles. The molecule has 0 saturated heterocycles. The van der Waals surface area contributed by atoms with Gasteiger partial charge in [-0.25, -0.2) is 0 Å². The van der Waals surface area contributed by atoms with Crippen molar-refractivity contribution < 1.29 is 5.11 Å². The molecule has 3 nitrogen and oxygen atoms in total. The number of para-hydroxylation sites is 2. The maximum Gasteiger partial charge on any atom is 0.262 e. The first-order valence-electron chi connectivity index (χ1n) is 7.73. The monoisotopic (exact) mass is 291 g/mol. The third-order valence-corrected chi connectivity index (χ3v) is 4.48. The molecular weight excluding hydrogens is 274 g/mol. The fraction of sp³-hybridized carbons (Fsp3) is 0.211. The molecule has 0 unspecified atom stereocenters. The van der Waals surface area contributed by atoms with Crippen LogP contribution < -0.4 is 5.56 Å². The summed E-state index contributed by atoms with van der Waals surface area (Å²) in [4.78, 5) is 12.9. The number of hydrogen-bond donors (Lipinski definition) is 1. The quantitative estimate of drug-likeness (QED) is 0.617. The van der Waals surface area contributed by atoms with Crippen molar-refractivity contribution in [1.82, 2.24) is 4.40 Å². The fourth-order valence-electron chi connectivity index (χ4n) is 3.40. The zero-order valence-electron chi connectivity index (χ0n) is 12.5. The number of benzene rings is 2. The van der Waals surface area contributed by atoms with Crippen molar-refractivity contribution >= 4 is 27.2 Å². The Morgan fingerprint density at radius 3 is 2.55 bits per heavy atom. The van der Waals surface area contributed by atoms with E-state index in [4.69, 9.17) is 0 Å². The van der Waals surface area contributed by atoms with Crippen molar-refractivity contribution in [1.29, 1.82) is 0 Å². The first-order chi connectivity index (χ1) is 10.7. The lowest BCUT2D eigenvalue weighted by Crippen LogP contribution is -2.18. The van der Waals surface area contributed by atoms with Crippen molar-refractivity contribution in [3.63, 3.8) is 0 Å². The molecule has 0 saturated carbocycles. The molecule has 0 aliphatic heterocycles. The van der Waals surface area contributed by atoms with Crippen molar-refractivity contribution in [2.75, 3.05) is 0 Å². The van der Waals surface area contributed by atoms with Crippen LogP contribution in [0.15, 0.2) is 47.3 Å². The maximum atomic E-state index is 12.9. The van der Waals surface area contributed by atoms with Gasteiger partial charge in [-0.15, -0.1) is 0 Å². The summed E-state index contributed by atoms with van der Waals surface area (Å²) in [6.45, 7) is 2.09. The highest BCUT2D eigenvalue weighted by Gasteiger charge is 2.19. The maximum absolute atomic E-state index is 12.9. The van der Waals surface area contributed by atoms with Gasteiger partial charge in [-0.2, -0.15) is 0 Å². The van der Waals surface area contributed by atoms with Gasteiger partial charge in [-0.1, -0.05) is 43.7 Å². The lowest BCUT2D eigenvalue weighted by molar-refractivity contribution is 0.471. The van der Waals surface area contributed by atoms with Crippen LogP contribution in [0.4, 0.5) is 0 Å². The smallest absolute Gasteiger partial charge is 0.262 e. The predicted molar refractivity (Wildman–Crippen MR) is 90.1 cm³/mol. The van der Waals surface area contributed by atoms with Crippen LogP contribution in [-0.4, -0.2) is 9.51 Å². The molecule has 0 amide bonds. The van der Waals surface area contributed by atoms with Crippen LogP contribution in [0.25, 0.3) is 27.2 Å². The number of rotatable bonds is 3. The zero-order valence-corrected chi connectivity index (χ0v) is 12.5. The molecule has 2 heterocycles. The number of unbranched alkanes of at least 4 members (excludes halogenated alkanes) is 1. The zero-order chi connectivity index (χ0) is 15.3. The van der Waals surface area contributed by atoms with E-state index in [9.17, 15) is 9.90 Å². The summed E-state index contributed by atoms with van der Waals surface area (Å²) in [5, 5.41) is 13.4. The van der Waals surface area contributed by atoms with E-state index in [-0.39, 0.29) is 11.3 Å². The number of hydrogen-bond acceptors (Lipinski definition) is 2. The van der Waals surface area contributed by atoms with E-state index < -0.39 is 0 Å². The number of aromatic nitrogens is 1. The SMILES string of the molecule is CCCCc1c(O)c2cccc3c4ccccc4n(c1=O)c23. The lowest BCUT2D eigenvalue weighted by Gasteiger charge is -2.09. The molecular formula is C19H17NO2. The molecule has 4 aromatic rings. The second-order valence-electron chi connectivity index (χ2n) is 5.79. The summed E-state index contributed by atoms with van der Waals surface area (Å²) in [6, 6.07) is 13.8. The van der Waals surface area contributed by atoms with E-state index in [0.717, 1.165) is 40.0 Å². The molecule has 0 spiro atoms. The van der Waals surface area contributed by atoms with E-state index in [1.807, 2.05) is 42.5 Å². The van der Waals surface area contributed by atoms with Gasteiger partial charge in [0.15, 0.2) is 0 Å². The highest BCUT2D eigenvalue weighted by atomic mass is 16.3. The second-order valence-corrected chi connectivity index (χ2v) is 5.79. The Kier molecular flexibility index (Phi) is 2.83. The predicted octanol–water partition coefficient (Wildman–Crippen LogP) is 4.09. The minimum absolute atomic E-state index is 0.0872. The molecule has 0 radical (unpaired) electrons. The molecule has 0 atom stereocenters. The summed E-state index contributed by atoms with van der Waals surface area (Å²) < 4.78 is 1.77. The molecule has 0 fully saturated rings. The summed E-state index contributed by atoms with van der Waals surface area (Å²) in [7, 11) is 0. The summed E-state index contributed by atoms with van der Waals surface area (Å²) >= 11 is 0. The van der Waals surface area contributed by atoms with Gasteiger partial charge in [-0.05, 0) is 25.0 Å². The van der Waals surface area contributed by atoms with E-state index in [1.54, 1.807) is 4.40 Å². The van der Waals surface area contributed by atoms with Crippen LogP contribution in [0, 0.1) is 0 Å². The van der Waals surface area contributed by atoms with Crippen LogP contribution >= 0.6 is 0 Å². The van der Waals surface area contributed by atoms with Crippen LogP contribution in [-0.2, 0) is 6.42 Å². The molecule has 110 valence electrons. The molecule has 0 bridgehead atoms. The summed E-state index contributed by atoms with van der Waals surface area (Å²) in [5.41, 5.74) is 2.18. The topological polar surface area (TPSA) is 41.7 Å². The third kappa shape index (κ3) is 1.59. The molecule has 1 N–H and O–H groups in total. The van der Waals surface area contributed by atoms with Gasteiger partial charge >= 0.3 is 0 Å². The second kappa shape index (κ2) is 4.73. The molecule has 2 aromatic carbocycles. The van der Waals surface area contributed by atoms with E-state index in [2.05, 4.69) is 6.92 Å². The lowest BCUT2D eigenvalue weighted by atomic mass is 10.0. The van der Waals surface area contributed by atoms with Gasteiger partial charge in [0.05, 0.1) is 16.6 Å². The first kappa shape index (κ1) is 13.1. The van der Waals surface area contributed by atoms with Crippen LogP contribution in [0.3, 0.4) is 0 Å². The van der Waals surface area contributed by atoms with Crippen molar-refractivity contribution in [3.8, 4) is 5.75 Å². The van der Waals surface area contributed by atoms with E-state index >= 15 is 0 Å². The van der Waals surface area contributed by atoms with E-state index in [1.165, 1.54) is 0 Å². The molecule has 0 aliphatic rings. The minimum atomic E-state index is -0.0872. The van der Waals surface area contributed by atoms with Gasteiger partial charge in [0.25, 0.3) is 5.56 Å². The van der Waals surface area contributed by atoms with Gasteiger partial charge in [0, 0.05) is 16.2 Å². The number of aromatic hydroxyl groups is 1. The Bertz CT molecular complexity index is 1050. The highest BCUT2D eigenvalue weighted by molar-refractivity contribution is 6.15. The third-order valence-electron chi connectivity index (χ3n) is 4.48. The molecule has 4 rings (SSSR count). The van der Waals surface area contributed by atoms with Crippen LogP contribution in [0.5, 0.6) is 5.75 Å². The molecule has 22 heavy (non-hydrogen) atoms. The van der Waals surface area contributed by atoms with Gasteiger partial charge in [-0.3, -0.25) is 9.20 Å². The Labute approximate surface area is 127 Å². The standard InChI is InChI=1S/C19H17NO2/c1-2-3-7-15-18(21)14-10-6-9-13-12-8-4-5-11-16(12)20(17(13)14)19(15)22/h4-6,8-11,21H,2-3,7H2,1H3. The highest BCUT2D eigenvalue weighted by Crippen LogP contribution is 2.35. The number of nitrogens with zero attached hydrogens (tertiary/aromatic N) is 1. The fourth-order valence-corrected chi connectivity index (χ4v) is 3.40. The summed E-state index contributed by atoms with van der Waals surface area (Å²) in [5.74, 6) is 0.152. The van der Waals surface area contributed by atoms with Crippen molar-refractivity contribution in [3.05, 3.63) is 58.4 Å². The Morgan fingerprint density at radius 2 is 1.73 bits per heavy atom. The normalized spacial score (nSPS) is 11.9. The average Bonchev–Trinajstić information content (AvgIpc) is 2.88. The molecule has 3 heteroatoms. The van der Waals surface area contributed by atoms with Crippen LogP contribution in [0.2, 0.25) is 0 Å². The number of fused-ring (bicyclic) bond motifs is 3. The van der Waals surface area contributed by atoms with Gasteiger partial charge in [0.2, 0.25) is 0 Å². The van der Waals surface area contributed by atoms with Crippen molar-refractivity contribution in [2.24, 2.45) is 0 Å². The Morgan fingerprint density at radius 1 is 1.00 bits per heavy atom. The minimum Gasteiger partial charge on any atom is -0.507 e. The largest absolute Gasteiger partial charge is 0.507 e. The number of pyridine rings is 1. The first-order valence-corrected chi connectivity index (χ1v) is 7.73. The van der Waals surface area contributed by atoms with Crippen molar-refractivity contribution in [2.45, 2.75) is 26.2 Å². The Balaban J connectivity index is 2.27. The average molecular weight is 291 g/mol. The van der Waals surface area contributed by atoms with Crippen LogP contribution in [0.1, 0.15) is 25.3 Å². The molecule has 2 aromatic heterocycles. The van der Waals surface area contributed by atoms with E-state index in [0.29, 0.717) is 12.0 Å². The van der Waals surface area contributed by atoms with Gasteiger partial charge < -0.3 is 5.11 Å². The van der Waals surface area contributed by atoms with Gasteiger partial charge in [0.1, 0.15) is 5.75 Å². The Hall–Kier alpha value is -2.55. The summed E-state index contributed by atoms with van der Waals surface area (Å²) in [6.07, 6.45) is 2.51.